The molecule has 3 N–H and O–H groups in total. The average molecular weight is 276 g/mol. The number of unbranched alkanes of at least 4 members (excludes halogenated alkanes) is 1. The molecule has 0 atom stereocenters. The Bertz CT molecular complexity index is 524. The van der Waals surface area contributed by atoms with E-state index >= 15 is 0 Å². The first kappa shape index (κ1) is 14.2. The fourth-order valence-electron chi connectivity index (χ4n) is 1.80. The highest BCUT2D eigenvalue weighted by Gasteiger charge is 2.12. The van der Waals surface area contributed by atoms with Crippen LogP contribution in [0.25, 0.3) is 5.95 Å². The minimum atomic E-state index is 0.329. The van der Waals surface area contributed by atoms with Crippen molar-refractivity contribution in [3.63, 3.8) is 0 Å². The van der Waals surface area contributed by atoms with Crippen LogP contribution in [0.3, 0.4) is 0 Å². The Morgan fingerprint density at radius 1 is 1.30 bits per heavy atom. The quantitative estimate of drug-likeness (QED) is 0.574. The van der Waals surface area contributed by atoms with Gasteiger partial charge in [0.25, 0.3) is 5.95 Å². The minimum absolute atomic E-state index is 0.329. The van der Waals surface area contributed by atoms with Gasteiger partial charge in [-0.2, -0.15) is 20.1 Å². The largest absolute Gasteiger partial charge is 0.341 e. The summed E-state index contributed by atoms with van der Waals surface area (Å²) in [4.78, 5) is 15.1. The van der Waals surface area contributed by atoms with Crippen molar-refractivity contribution in [2.45, 2.75) is 26.7 Å². The molecule has 8 heteroatoms. The van der Waals surface area contributed by atoms with Gasteiger partial charge < -0.3 is 4.90 Å². The van der Waals surface area contributed by atoms with E-state index in [0.717, 1.165) is 25.9 Å². The summed E-state index contributed by atoms with van der Waals surface area (Å²) in [5.41, 5.74) is 2.47. The second kappa shape index (κ2) is 6.80. The van der Waals surface area contributed by atoms with Crippen molar-refractivity contribution in [1.82, 2.24) is 24.7 Å². The van der Waals surface area contributed by atoms with Crippen LogP contribution in [-0.4, -0.2) is 37.8 Å². The van der Waals surface area contributed by atoms with E-state index in [4.69, 9.17) is 5.84 Å². The molecule has 0 radical (unpaired) electrons. The zero-order chi connectivity index (χ0) is 14.4. The first-order chi connectivity index (χ1) is 9.78. The van der Waals surface area contributed by atoms with Gasteiger partial charge in [0.15, 0.2) is 0 Å². The fraction of sp³-hybridized carbons (Fsp3) is 0.500. The number of nitrogens with one attached hydrogen (secondary N) is 1. The number of hydrazine groups is 1. The van der Waals surface area contributed by atoms with Crippen LogP contribution in [0.2, 0.25) is 0 Å². The van der Waals surface area contributed by atoms with E-state index in [9.17, 15) is 0 Å². The normalized spacial score (nSPS) is 10.6. The predicted octanol–water partition coefficient (Wildman–Crippen LogP) is 0.969. The molecule has 0 aromatic carbocycles. The highest BCUT2D eigenvalue weighted by Crippen LogP contribution is 2.13. The molecule has 20 heavy (non-hydrogen) atoms. The fourth-order valence-corrected chi connectivity index (χ4v) is 1.80. The van der Waals surface area contributed by atoms with Crippen LogP contribution in [0.5, 0.6) is 0 Å². The molecule has 0 aliphatic rings. The maximum atomic E-state index is 5.43. The molecule has 2 heterocycles. The molecular formula is C12H20N8. The van der Waals surface area contributed by atoms with Crippen LogP contribution in [0.4, 0.5) is 11.9 Å². The lowest BCUT2D eigenvalue weighted by atomic mass is 10.3. The summed E-state index contributed by atoms with van der Waals surface area (Å²) in [6.45, 7) is 5.96. The molecule has 0 fully saturated rings. The number of hydrogen-bond acceptors (Lipinski definition) is 7. The molecule has 2 rings (SSSR count). The lowest BCUT2D eigenvalue weighted by Gasteiger charge is -2.21. The van der Waals surface area contributed by atoms with E-state index in [1.807, 2.05) is 6.07 Å². The molecule has 8 nitrogen and oxygen atoms in total. The highest BCUT2D eigenvalue weighted by molar-refractivity contribution is 5.39. The first-order valence-electron chi connectivity index (χ1n) is 6.76. The number of rotatable bonds is 7. The van der Waals surface area contributed by atoms with Gasteiger partial charge in [-0.15, -0.1) is 0 Å². The van der Waals surface area contributed by atoms with Crippen LogP contribution < -0.4 is 16.2 Å². The Morgan fingerprint density at radius 2 is 2.15 bits per heavy atom. The monoisotopic (exact) mass is 276 g/mol. The van der Waals surface area contributed by atoms with Gasteiger partial charge in [-0.05, 0) is 19.4 Å². The van der Waals surface area contributed by atoms with Crippen molar-refractivity contribution >= 4 is 11.9 Å². The van der Waals surface area contributed by atoms with Crippen LogP contribution in [-0.2, 0) is 0 Å². The Labute approximate surface area is 118 Å². The lowest BCUT2D eigenvalue weighted by Crippen LogP contribution is -2.27. The van der Waals surface area contributed by atoms with E-state index in [-0.39, 0.29) is 0 Å². The molecule has 2 aromatic rings. The third kappa shape index (κ3) is 3.21. The van der Waals surface area contributed by atoms with E-state index in [1.165, 1.54) is 0 Å². The third-order valence-electron chi connectivity index (χ3n) is 2.90. The zero-order valence-corrected chi connectivity index (χ0v) is 11.8. The SMILES string of the molecule is CCCCN(CC)c1nc(NN)nc(-n2cccn2)n1. The van der Waals surface area contributed by atoms with E-state index in [1.54, 1.807) is 17.1 Å². The Balaban J connectivity index is 2.34. The van der Waals surface area contributed by atoms with Crippen LogP contribution in [0.1, 0.15) is 26.7 Å². The van der Waals surface area contributed by atoms with Crippen molar-refractivity contribution in [3.05, 3.63) is 18.5 Å². The van der Waals surface area contributed by atoms with Gasteiger partial charge in [-0.25, -0.2) is 10.5 Å². The number of anilines is 2. The van der Waals surface area contributed by atoms with Crippen LogP contribution >= 0.6 is 0 Å². The summed E-state index contributed by atoms with van der Waals surface area (Å²) in [6, 6.07) is 1.81. The Kier molecular flexibility index (Phi) is 4.83. The smallest absolute Gasteiger partial charge is 0.257 e. The lowest BCUT2D eigenvalue weighted by molar-refractivity contribution is 0.702. The van der Waals surface area contributed by atoms with Gasteiger partial charge in [-0.1, -0.05) is 13.3 Å². The second-order valence-electron chi connectivity index (χ2n) is 4.29. The van der Waals surface area contributed by atoms with Gasteiger partial charge >= 0.3 is 0 Å². The summed E-state index contributed by atoms with van der Waals surface area (Å²) >= 11 is 0. The summed E-state index contributed by atoms with van der Waals surface area (Å²) in [5.74, 6) is 6.81. The maximum absolute atomic E-state index is 5.43. The molecule has 0 bridgehead atoms. The number of nitrogens with zero attached hydrogens (tertiary/aromatic N) is 6. The molecule has 108 valence electrons. The van der Waals surface area contributed by atoms with Crippen molar-refractivity contribution in [1.29, 1.82) is 0 Å². The molecule has 0 aliphatic carbocycles. The van der Waals surface area contributed by atoms with Gasteiger partial charge in [0.1, 0.15) is 0 Å². The molecule has 0 spiro atoms. The number of nitrogen functional groups attached to an aromatic ring is 1. The highest BCUT2D eigenvalue weighted by atomic mass is 15.4. The summed E-state index contributed by atoms with van der Waals surface area (Å²) in [6.07, 6.45) is 5.66. The van der Waals surface area contributed by atoms with E-state index < -0.39 is 0 Å². The zero-order valence-electron chi connectivity index (χ0n) is 11.8. The van der Waals surface area contributed by atoms with Crippen molar-refractivity contribution in [2.75, 3.05) is 23.4 Å². The first-order valence-corrected chi connectivity index (χ1v) is 6.76. The Hall–Kier alpha value is -2.22. The third-order valence-corrected chi connectivity index (χ3v) is 2.90. The summed E-state index contributed by atoms with van der Waals surface area (Å²) in [7, 11) is 0. The van der Waals surface area contributed by atoms with Gasteiger partial charge in [0.05, 0.1) is 0 Å². The molecular weight excluding hydrogens is 256 g/mol. The standard InChI is InChI=1S/C12H20N8/c1-3-5-8-19(4-2)11-15-10(18-13)16-12(17-11)20-9-6-7-14-20/h6-7,9H,3-5,8,13H2,1-2H3,(H,15,16,17,18). The number of hydrogen-bond donors (Lipinski definition) is 2. The Morgan fingerprint density at radius 3 is 2.75 bits per heavy atom. The van der Waals surface area contributed by atoms with Gasteiger partial charge in [-0.3, -0.25) is 5.43 Å². The second-order valence-corrected chi connectivity index (χ2v) is 4.29. The molecule has 0 aliphatic heterocycles. The molecule has 2 aromatic heterocycles. The van der Waals surface area contributed by atoms with Gasteiger partial charge in [0.2, 0.25) is 11.9 Å². The van der Waals surface area contributed by atoms with E-state index in [0.29, 0.717) is 17.8 Å². The number of nitrogens with two attached hydrogens (primary N) is 1. The van der Waals surface area contributed by atoms with E-state index in [2.05, 4.69) is 44.2 Å². The topological polar surface area (TPSA) is 97.8 Å². The average Bonchev–Trinajstić information content (AvgIpc) is 3.02. The summed E-state index contributed by atoms with van der Waals surface area (Å²) < 4.78 is 1.58. The van der Waals surface area contributed by atoms with Crippen LogP contribution in [0.15, 0.2) is 18.5 Å². The molecule has 0 amide bonds. The minimum Gasteiger partial charge on any atom is -0.341 e. The van der Waals surface area contributed by atoms with Crippen molar-refractivity contribution < 1.29 is 0 Å². The molecule has 0 saturated carbocycles. The van der Waals surface area contributed by atoms with Crippen molar-refractivity contribution in [2.24, 2.45) is 5.84 Å². The predicted molar refractivity (Wildman–Crippen MR) is 77.6 cm³/mol. The van der Waals surface area contributed by atoms with Crippen molar-refractivity contribution in [3.8, 4) is 5.95 Å². The van der Waals surface area contributed by atoms with Crippen LogP contribution in [0, 0.1) is 0 Å². The molecule has 0 unspecified atom stereocenters. The number of aromatic nitrogens is 5. The molecule has 0 saturated heterocycles. The maximum Gasteiger partial charge on any atom is 0.257 e. The summed E-state index contributed by atoms with van der Waals surface area (Å²) in [5, 5.41) is 4.13. The van der Waals surface area contributed by atoms with Gasteiger partial charge in [0, 0.05) is 25.5 Å².